The Bertz CT molecular complexity index is 1040. The molecule has 1 aromatic heterocycles. The van der Waals surface area contributed by atoms with Crippen LogP contribution >= 0.6 is 35.4 Å². The van der Waals surface area contributed by atoms with Crippen LogP contribution in [-0.4, -0.2) is 16.9 Å². The predicted molar refractivity (Wildman–Crippen MR) is 113 cm³/mol. The highest BCUT2D eigenvalue weighted by Crippen LogP contribution is 2.23. The molecule has 3 aromatic rings. The molecule has 0 unspecified atom stereocenters. The second kappa shape index (κ2) is 8.88. The normalized spacial score (nSPS) is 10.2. The molecule has 0 aliphatic rings. The van der Waals surface area contributed by atoms with Crippen molar-refractivity contribution < 1.29 is 14.0 Å². The zero-order chi connectivity index (χ0) is 20.1. The fourth-order valence-electron chi connectivity index (χ4n) is 2.28. The van der Waals surface area contributed by atoms with Crippen LogP contribution in [-0.2, 0) is 0 Å². The van der Waals surface area contributed by atoms with Crippen LogP contribution in [0.25, 0.3) is 0 Å². The van der Waals surface area contributed by atoms with Crippen molar-refractivity contribution in [2.24, 2.45) is 0 Å². The van der Waals surface area contributed by atoms with Gasteiger partial charge in [-0.05, 0) is 60.7 Å². The van der Waals surface area contributed by atoms with Gasteiger partial charge in [0.05, 0.1) is 16.8 Å². The number of benzene rings is 2. The maximum atomic E-state index is 12.4. The summed E-state index contributed by atoms with van der Waals surface area (Å²) in [5.41, 5.74) is 1.39. The molecular weight excluding hydrogens is 421 g/mol. The standard InChI is InChI=1S/C19H13Cl2N3O3S/c20-11-6-7-14(15(21)9-11)17(25)22-12-3-1-4-13(10-12)23-19(28)24-18(26)16-5-2-8-27-16/h1-10H,(H,22,25)(H2,23,24,26,28). The molecule has 3 N–H and O–H groups in total. The molecule has 6 nitrogen and oxygen atoms in total. The second-order valence-corrected chi connectivity index (χ2v) is 6.80. The number of halogens is 2. The highest BCUT2D eigenvalue weighted by atomic mass is 35.5. The Morgan fingerprint density at radius 1 is 0.893 bits per heavy atom. The maximum Gasteiger partial charge on any atom is 0.293 e. The van der Waals surface area contributed by atoms with E-state index in [1.807, 2.05) is 0 Å². The van der Waals surface area contributed by atoms with Gasteiger partial charge in [0.2, 0.25) is 0 Å². The van der Waals surface area contributed by atoms with Gasteiger partial charge in [-0.2, -0.15) is 0 Å². The molecule has 2 aromatic carbocycles. The average Bonchev–Trinajstić information content (AvgIpc) is 3.16. The maximum absolute atomic E-state index is 12.4. The van der Waals surface area contributed by atoms with Crippen molar-refractivity contribution in [3.8, 4) is 0 Å². The minimum atomic E-state index is -0.468. The summed E-state index contributed by atoms with van der Waals surface area (Å²) in [4.78, 5) is 24.3. The summed E-state index contributed by atoms with van der Waals surface area (Å²) < 4.78 is 5.00. The molecule has 0 radical (unpaired) electrons. The van der Waals surface area contributed by atoms with Crippen molar-refractivity contribution in [3.05, 3.63) is 82.2 Å². The van der Waals surface area contributed by atoms with Crippen molar-refractivity contribution in [3.63, 3.8) is 0 Å². The molecule has 28 heavy (non-hydrogen) atoms. The number of furan rings is 1. The Morgan fingerprint density at radius 3 is 2.32 bits per heavy atom. The lowest BCUT2D eigenvalue weighted by atomic mass is 10.2. The van der Waals surface area contributed by atoms with E-state index in [2.05, 4.69) is 16.0 Å². The molecule has 2 amide bonds. The molecule has 9 heteroatoms. The second-order valence-electron chi connectivity index (χ2n) is 5.54. The Labute approximate surface area is 175 Å². The van der Waals surface area contributed by atoms with Crippen LogP contribution in [0.4, 0.5) is 11.4 Å². The Kier molecular flexibility index (Phi) is 6.30. The summed E-state index contributed by atoms with van der Waals surface area (Å²) in [5, 5.41) is 8.90. The molecule has 0 atom stereocenters. The Balaban J connectivity index is 1.64. The van der Waals surface area contributed by atoms with Gasteiger partial charge in [-0.25, -0.2) is 0 Å². The molecule has 0 bridgehead atoms. The van der Waals surface area contributed by atoms with Gasteiger partial charge in [0.25, 0.3) is 11.8 Å². The molecule has 142 valence electrons. The van der Waals surface area contributed by atoms with Crippen LogP contribution in [0.15, 0.2) is 65.3 Å². The van der Waals surface area contributed by atoms with E-state index >= 15 is 0 Å². The third kappa shape index (κ3) is 5.10. The highest BCUT2D eigenvalue weighted by Gasteiger charge is 2.12. The summed E-state index contributed by atoms with van der Waals surface area (Å²) >= 11 is 17.0. The van der Waals surface area contributed by atoms with E-state index in [0.29, 0.717) is 22.0 Å². The van der Waals surface area contributed by atoms with Crippen molar-refractivity contribution in [1.82, 2.24) is 5.32 Å². The van der Waals surface area contributed by atoms with Crippen LogP contribution in [0.3, 0.4) is 0 Å². The van der Waals surface area contributed by atoms with E-state index in [4.69, 9.17) is 39.8 Å². The van der Waals surface area contributed by atoms with E-state index in [1.165, 1.54) is 18.4 Å². The van der Waals surface area contributed by atoms with Crippen LogP contribution in [0, 0.1) is 0 Å². The zero-order valence-electron chi connectivity index (χ0n) is 14.2. The van der Waals surface area contributed by atoms with Gasteiger partial charge < -0.3 is 15.1 Å². The first-order valence-electron chi connectivity index (χ1n) is 7.94. The highest BCUT2D eigenvalue weighted by molar-refractivity contribution is 7.80. The summed E-state index contributed by atoms with van der Waals surface area (Å²) in [6.45, 7) is 0. The first kappa shape index (κ1) is 19.9. The number of hydrogen-bond acceptors (Lipinski definition) is 4. The van der Waals surface area contributed by atoms with Gasteiger partial charge in [0.1, 0.15) is 0 Å². The van der Waals surface area contributed by atoms with Crippen molar-refractivity contribution in [1.29, 1.82) is 0 Å². The number of anilines is 2. The van der Waals surface area contributed by atoms with E-state index < -0.39 is 5.91 Å². The number of thiocarbonyl (C=S) groups is 1. The third-order valence-corrected chi connectivity index (χ3v) is 4.28. The number of amides is 2. The summed E-state index contributed by atoms with van der Waals surface area (Å²) in [6, 6.07) is 14.6. The molecule has 0 spiro atoms. The fraction of sp³-hybridized carbons (Fsp3) is 0. The smallest absolute Gasteiger partial charge is 0.293 e. The largest absolute Gasteiger partial charge is 0.459 e. The molecule has 0 saturated carbocycles. The first-order valence-corrected chi connectivity index (χ1v) is 9.11. The lowest BCUT2D eigenvalue weighted by Gasteiger charge is -2.11. The number of hydrogen-bond donors (Lipinski definition) is 3. The van der Waals surface area contributed by atoms with Crippen molar-refractivity contribution >= 4 is 63.7 Å². The molecule has 1 heterocycles. The zero-order valence-corrected chi connectivity index (χ0v) is 16.5. The number of carbonyl (C=O) groups is 2. The molecule has 0 fully saturated rings. The topological polar surface area (TPSA) is 83.4 Å². The summed E-state index contributed by atoms with van der Waals surface area (Å²) in [5.74, 6) is -0.707. The molecule has 0 aliphatic carbocycles. The van der Waals surface area contributed by atoms with Crippen LogP contribution < -0.4 is 16.0 Å². The Morgan fingerprint density at radius 2 is 1.64 bits per heavy atom. The van der Waals surface area contributed by atoms with Crippen molar-refractivity contribution in [2.45, 2.75) is 0 Å². The molecule has 0 saturated heterocycles. The minimum absolute atomic E-state index is 0.0885. The molecule has 0 aliphatic heterocycles. The lowest BCUT2D eigenvalue weighted by Crippen LogP contribution is -2.33. The van der Waals surface area contributed by atoms with Gasteiger partial charge in [-0.1, -0.05) is 29.3 Å². The SMILES string of the molecule is O=C(NC(=S)Nc1cccc(NC(=O)c2ccc(Cl)cc2Cl)c1)c1ccco1. The quantitative estimate of drug-likeness (QED) is 0.506. The van der Waals surface area contributed by atoms with Crippen LogP contribution in [0.2, 0.25) is 10.0 Å². The van der Waals surface area contributed by atoms with Gasteiger partial charge in [0.15, 0.2) is 10.9 Å². The average molecular weight is 434 g/mol. The summed E-state index contributed by atoms with van der Waals surface area (Å²) in [7, 11) is 0. The van der Waals surface area contributed by atoms with Gasteiger partial charge >= 0.3 is 0 Å². The number of carbonyl (C=O) groups excluding carboxylic acids is 2. The van der Waals surface area contributed by atoms with Crippen LogP contribution in [0.5, 0.6) is 0 Å². The predicted octanol–water partition coefficient (Wildman–Crippen LogP) is 4.97. The van der Waals surface area contributed by atoms with E-state index in [9.17, 15) is 9.59 Å². The molecule has 3 rings (SSSR count). The van der Waals surface area contributed by atoms with E-state index in [1.54, 1.807) is 42.5 Å². The van der Waals surface area contributed by atoms with Gasteiger partial charge in [-0.3, -0.25) is 14.9 Å². The van der Waals surface area contributed by atoms with E-state index in [0.717, 1.165) is 0 Å². The van der Waals surface area contributed by atoms with E-state index in [-0.39, 0.29) is 21.8 Å². The van der Waals surface area contributed by atoms with Crippen molar-refractivity contribution in [2.75, 3.05) is 10.6 Å². The Hall–Kier alpha value is -2.87. The van der Waals surface area contributed by atoms with Crippen LogP contribution in [0.1, 0.15) is 20.9 Å². The number of rotatable bonds is 4. The fourth-order valence-corrected chi connectivity index (χ4v) is 2.99. The third-order valence-electron chi connectivity index (χ3n) is 3.53. The lowest BCUT2D eigenvalue weighted by molar-refractivity contribution is 0.0950. The van der Waals surface area contributed by atoms with Gasteiger partial charge in [0, 0.05) is 16.4 Å². The minimum Gasteiger partial charge on any atom is -0.459 e. The summed E-state index contributed by atoms with van der Waals surface area (Å²) in [6.07, 6.45) is 1.39. The number of nitrogens with one attached hydrogen (secondary N) is 3. The first-order chi connectivity index (χ1) is 13.4. The monoisotopic (exact) mass is 433 g/mol. The molecular formula is C19H13Cl2N3O3S. The van der Waals surface area contributed by atoms with Gasteiger partial charge in [-0.15, -0.1) is 0 Å².